The van der Waals surface area contributed by atoms with Crippen molar-refractivity contribution in [2.75, 3.05) is 7.11 Å². The standard InChI is InChI=1S/C31H25Cl2N7O2/c1-18(19-3-5-21(6-4-19)31(41)34-17-29-35-38-39-36-29)40-28-15-22(20-7-10-26(42-2)11-8-20)9-12-27(28)30(37-40)23-13-24(32)16-25(33)14-23/h3-16,18H,17H2,1-2H3,(H,34,41)(H,35,36,38,39)/t18-/m0/s1. The van der Waals surface area contributed by atoms with E-state index in [0.717, 1.165) is 44.6 Å². The van der Waals surface area contributed by atoms with Crippen LogP contribution in [0.25, 0.3) is 33.3 Å². The zero-order valence-corrected chi connectivity index (χ0v) is 24.2. The normalized spacial score (nSPS) is 11.9. The third kappa shape index (κ3) is 5.57. The fourth-order valence-corrected chi connectivity index (χ4v) is 5.40. The maximum absolute atomic E-state index is 12.6. The number of hydrogen-bond acceptors (Lipinski definition) is 6. The average molecular weight is 598 g/mol. The van der Waals surface area contributed by atoms with Gasteiger partial charge in [0, 0.05) is 26.6 Å². The Bertz CT molecular complexity index is 1850. The van der Waals surface area contributed by atoms with Crippen LogP contribution < -0.4 is 10.1 Å². The first-order valence-electron chi connectivity index (χ1n) is 13.1. The minimum absolute atomic E-state index is 0.154. The van der Waals surface area contributed by atoms with Gasteiger partial charge in [-0.2, -0.15) is 10.3 Å². The highest BCUT2D eigenvalue weighted by molar-refractivity contribution is 6.35. The van der Waals surface area contributed by atoms with Gasteiger partial charge in [-0.25, -0.2) is 0 Å². The van der Waals surface area contributed by atoms with Gasteiger partial charge in [0.2, 0.25) is 0 Å². The number of carbonyl (C=O) groups is 1. The van der Waals surface area contributed by atoms with Gasteiger partial charge in [-0.15, -0.1) is 10.2 Å². The monoisotopic (exact) mass is 597 g/mol. The molecule has 42 heavy (non-hydrogen) atoms. The topological polar surface area (TPSA) is 111 Å². The number of H-pyrrole nitrogens is 1. The van der Waals surface area contributed by atoms with Gasteiger partial charge in [-0.3, -0.25) is 9.48 Å². The summed E-state index contributed by atoms with van der Waals surface area (Å²) in [7, 11) is 1.65. The predicted octanol–water partition coefficient (Wildman–Crippen LogP) is 6.74. The molecule has 0 aliphatic rings. The molecule has 4 aromatic carbocycles. The molecule has 0 saturated heterocycles. The van der Waals surface area contributed by atoms with E-state index in [1.54, 1.807) is 25.3 Å². The minimum atomic E-state index is -0.229. The SMILES string of the molecule is COc1ccc(-c2ccc3c(-c4cc(Cl)cc(Cl)c4)nn([C@@H](C)c4ccc(C(=O)NCc5nn[nH]n5)cc4)c3c2)cc1. The Morgan fingerprint density at radius 2 is 1.64 bits per heavy atom. The van der Waals surface area contributed by atoms with Gasteiger partial charge < -0.3 is 10.1 Å². The molecule has 0 radical (unpaired) electrons. The van der Waals surface area contributed by atoms with Crippen LogP contribution in [0.1, 0.15) is 34.7 Å². The molecule has 210 valence electrons. The Kier molecular flexibility index (Phi) is 7.60. The molecule has 6 rings (SSSR count). The highest BCUT2D eigenvalue weighted by atomic mass is 35.5. The van der Waals surface area contributed by atoms with E-state index in [2.05, 4.69) is 51.1 Å². The number of nitrogens with zero attached hydrogens (tertiary/aromatic N) is 5. The minimum Gasteiger partial charge on any atom is -0.497 e. The fraction of sp³-hybridized carbons (Fsp3) is 0.129. The van der Waals surface area contributed by atoms with Crippen LogP contribution >= 0.6 is 23.2 Å². The van der Waals surface area contributed by atoms with Gasteiger partial charge in [-0.1, -0.05) is 58.7 Å². The molecule has 1 atom stereocenters. The summed E-state index contributed by atoms with van der Waals surface area (Å²) in [4.78, 5) is 12.6. The smallest absolute Gasteiger partial charge is 0.251 e. The summed E-state index contributed by atoms with van der Waals surface area (Å²) in [5.41, 5.74) is 6.16. The number of aromatic nitrogens is 6. The number of fused-ring (bicyclic) bond motifs is 1. The molecule has 11 heteroatoms. The average Bonchev–Trinajstić information content (AvgIpc) is 3.67. The lowest BCUT2D eigenvalue weighted by molar-refractivity contribution is 0.0950. The summed E-state index contributed by atoms with van der Waals surface area (Å²) < 4.78 is 7.33. The van der Waals surface area contributed by atoms with Gasteiger partial charge in [0.25, 0.3) is 5.91 Å². The summed E-state index contributed by atoms with van der Waals surface area (Å²) >= 11 is 12.7. The largest absolute Gasteiger partial charge is 0.497 e. The number of rotatable bonds is 8. The third-order valence-corrected chi connectivity index (χ3v) is 7.52. The molecule has 0 saturated carbocycles. The number of carbonyl (C=O) groups excluding carboxylic acids is 1. The molecule has 2 heterocycles. The molecule has 0 spiro atoms. The van der Waals surface area contributed by atoms with E-state index in [4.69, 9.17) is 33.0 Å². The Morgan fingerprint density at radius 3 is 2.31 bits per heavy atom. The number of hydrogen-bond donors (Lipinski definition) is 2. The number of nitrogens with one attached hydrogen (secondary N) is 2. The van der Waals surface area contributed by atoms with Crippen LogP contribution in [0, 0.1) is 0 Å². The number of benzene rings is 4. The van der Waals surface area contributed by atoms with Gasteiger partial charge >= 0.3 is 0 Å². The van der Waals surface area contributed by atoms with E-state index in [1.807, 2.05) is 53.2 Å². The molecule has 6 aromatic rings. The maximum atomic E-state index is 12.6. The van der Waals surface area contributed by atoms with Gasteiger partial charge in [-0.05, 0) is 78.2 Å². The lowest BCUT2D eigenvalue weighted by Crippen LogP contribution is -2.23. The van der Waals surface area contributed by atoms with E-state index in [9.17, 15) is 4.79 Å². The second-order valence-corrected chi connectivity index (χ2v) is 10.6. The summed E-state index contributed by atoms with van der Waals surface area (Å²) in [5.74, 6) is 0.975. The van der Waals surface area contributed by atoms with Crippen molar-refractivity contribution in [1.29, 1.82) is 0 Å². The Balaban J connectivity index is 1.37. The van der Waals surface area contributed by atoms with Crippen molar-refractivity contribution in [3.63, 3.8) is 0 Å². The Hall–Kier alpha value is -4.73. The molecule has 0 aliphatic carbocycles. The molecule has 1 amide bonds. The first-order valence-corrected chi connectivity index (χ1v) is 13.9. The van der Waals surface area contributed by atoms with Crippen LogP contribution in [0.15, 0.2) is 84.9 Å². The Labute approximate surface area is 251 Å². The van der Waals surface area contributed by atoms with E-state index in [0.29, 0.717) is 21.4 Å². The molecule has 0 unspecified atom stereocenters. The number of ether oxygens (including phenoxy) is 1. The third-order valence-electron chi connectivity index (χ3n) is 7.09. The van der Waals surface area contributed by atoms with E-state index in [1.165, 1.54) is 0 Å². The first-order chi connectivity index (χ1) is 20.4. The molecule has 2 N–H and O–H groups in total. The highest BCUT2D eigenvalue weighted by Gasteiger charge is 2.19. The van der Waals surface area contributed by atoms with Gasteiger partial charge in [0.15, 0.2) is 5.82 Å². The number of methoxy groups -OCH3 is 1. The molecule has 0 bridgehead atoms. The van der Waals surface area contributed by atoms with Crippen LogP contribution in [0.3, 0.4) is 0 Å². The molecular formula is C31H25Cl2N7O2. The molecule has 9 nitrogen and oxygen atoms in total. The number of amides is 1. The van der Waals surface area contributed by atoms with Crippen molar-refractivity contribution < 1.29 is 9.53 Å². The van der Waals surface area contributed by atoms with Crippen molar-refractivity contribution >= 4 is 40.0 Å². The van der Waals surface area contributed by atoms with Crippen LogP contribution in [0.4, 0.5) is 0 Å². The van der Waals surface area contributed by atoms with Crippen LogP contribution in [-0.2, 0) is 6.54 Å². The zero-order valence-electron chi connectivity index (χ0n) is 22.7. The lowest BCUT2D eigenvalue weighted by Gasteiger charge is -2.15. The van der Waals surface area contributed by atoms with Crippen molar-refractivity contribution in [3.05, 3.63) is 112 Å². The van der Waals surface area contributed by atoms with Crippen molar-refractivity contribution in [3.8, 4) is 28.1 Å². The number of aromatic amines is 1. The summed E-state index contributed by atoms with van der Waals surface area (Å²) in [6.45, 7) is 2.26. The lowest BCUT2D eigenvalue weighted by atomic mass is 10.0. The summed E-state index contributed by atoms with van der Waals surface area (Å²) in [5, 5.41) is 23.5. The van der Waals surface area contributed by atoms with Gasteiger partial charge in [0.05, 0.1) is 25.2 Å². The zero-order chi connectivity index (χ0) is 29.2. The first kappa shape index (κ1) is 27.4. The second kappa shape index (κ2) is 11.6. The highest BCUT2D eigenvalue weighted by Crippen LogP contribution is 2.36. The quantitative estimate of drug-likeness (QED) is 0.201. The number of halogens is 2. The molecular weight excluding hydrogens is 573 g/mol. The van der Waals surface area contributed by atoms with Crippen LogP contribution in [-0.4, -0.2) is 43.4 Å². The summed E-state index contributed by atoms with van der Waals surface area (Å²) in [6, 6.07) is 27.0. The molecule has 0 fully saturated rings. The fourth-order valence-electron chi connectivity index (χ4n) is 4.87. The van der Waals surface area contributed by atoms with Crippen LogP contribution in [0.2, 0.25) is 10.0 Å². The predicted molar refractivity (Wildman–Crippen MR) is 163 cm³/mol. The second-order valence-electron chi connectivity index (χ2n) is 9.72. The number of tetrazole rings is 1. The molecule has 0 aliphatic heterocycles. The van der Waals surface area contributed by atoms with Gasteiger partial charge in [0.1, 0.15) is 11.4 Å². The summed E-state index contributed by atoms with van der Waals surface area (Å²) in [6.07, 6.45) is 0. The van der Waals surface area contributed by atoms with E-state index < -0.39 is 0 Å². The van der Waals surface area contributed by atoms with Crippen molar-refractivity contribution in [1.82, 2.24) is 35.7 Å². The molecule has 2 aromatic heterocycles. The Morgan fingerprint density at radius 1 is 0.929 bits per heavy atom. The van der Waals surface area contributed by atoms with Crippen molar-refractivity contribution in [2.45, 2.75) is 19.5 Å². The maximum Gasteiger partial charge on any atom is 0.251 e. The van der Waals surface area contributed by atoms with E-state index in [-0.39, 0.29) is 18.5 Å². The van der Waals surface area contributed by atoms with E-state index >= 15 is 0 Å². The van der Waals surface area contributed by atoms with Crippen molar-refractivity contribution in [2.24, 2.45) is 0 Å². The van der Waals surface area contributed by atoms with Crippen LogP contribution in [0.5, 0.6) is 5.75 Å².